The highest BCUT2D eigenvalue weighted by Crippen LogP contribution is 2.40. The Morgan fingerprint density at radius 2 is 2.26 bits per heavy atom. The van der Waals surface area contributed by atoms with E-state index in [9.17, 15) is 0 Å². The standard InChI is InChI=1S/C15H23NO3/c1-3-5-9-16-10-12-11-18-14-8-6-7-13(17-4-2)15(14)19-12/h6-8,12,16H,3-5,9-11H2,1-2H3. The first-order valence-corrected chi connectivity index (χ1v) is 7.11. The molecule has 0 saturated heterocycles. The number of para-hydroxylation sites is 1. The minimum absolute atomic E-state index is 0.0472. The fourth-order valence-electron chi connectivity index (χ4n) is 2.04. The summed E-state index contributed by atoms with van der Waals surface area (Å²) in [7, 11) is 0. The van der Waals surface area contributed by atoms with E-state index in [2.05, 4.69) is 12.2 Å². The van der Waals surface area contributed by atoms with E-state index in [-0.39, 0.29) is 6.10 Å². The predicted octanol–water partition coefficient (Wildman–Crippen LogP) is 2.61. The minimum Gasteiger partial charge on any atom is -0.490 e. The van der Waals surface area contributed by atoms with Crippen molar-refractivity contribution in [3.05, 3.63) is 18.2 Å². The third kappa shape index (κ3) is 3.77. The molecule has 4 nitrogen and oxygen atoms in total. The Morgan fingerprint density at radius 3 is 3.05 bits per heavy atom. The van der Waals surface area contributed by atoms with Gasteiger partial charge in [-0.3, -0.25) is 0 Å². The van der Waals surface area contributed by atoms with Gasteiger partial charge in [0.25, 0.3) is 0 Å². The molecule has 0 saturated carbocycles. The van der Waals surface area contributed by atoms with Crippen LogP contribution in [-0.4, -0.2) is 32.4 Å². The van der Waals surface area contributed by atoms with Crippen LogP contribution in [0.2, 0.25) is 0 Å². The van der Waals surface area contributed by atoms with Crippen molar-refractivity contribution < 1.29 is 14.2 Å². The Hall–Kier alpha value is -1.42. The van der Waals surface area contributed by atoms with Crippen LogP contribution in [0, 0.1) is 0 Å². The lowest BCUT2D eigenvalue weighted by molar-refractivity contribution is 0.0855. The average molecular weight is 265 g/mol. The van der Waals surface area contributed by atoms with Gasteiger partial charge in [0.05, 0.1) is 6.61 Å². The molecule has 0 bridgehead atoms. The summed E-state index contributed by atoms with van der Waals surface area (Å²) in [5, 5.41) is 3.39. The van der Waals surface area contributed by atoms with Gasteiger partial charge in [-0.25, -0.2) is 0 Å². The third-order valence-corrected chi connectivity index (χ3v) is 3.03. The Bertz CT molecular complexity index is 395. The first-order chi connectivity index (χ1) is 9.35. The highest BCUT2D eigenvalue weighted by Gasteiger charge is 2.23. The second kappa shape index (κ2) is 7.24. The van der Waals surface area contributed by atoms with Crippen molar-refractivity contribution in [3.8, 4) is 17.2 Å². The van der Waals surface area contributed by atoms with E-state index in [0.29, 0.717) is 13.2 Å². The minimum atomic E-state index is 0.0472. The van der Waals surface area contributed by atoms with Crippen LogP contribution < -0.4 is 19.5 Å². The number of nitrogens with one attached hydrogen (secondary N) is 1. The van der Waals surface area contributed by atoms with Crippen molar-refractivity contribution in [2.75, 3.05) is 26.3 Å². The van der Waals surface area contributed by atoms with E-state index in [1.54, 1.807) is 0 Å². The molecule has 1 aromatic carbocycles. The summed E-state index contributed by atoms with van der Waals surface area (Å²) in [6.45, 7) is 7.19. The molecule has 1 unspecified atom stereocenters. The summed E-state index contributed by atoms with van der Waals surface area (Å²) in [5.74, 6) is 2.27. The Morgan fingerprint density at radius 1 is 1.37 bits per heavy atom. The molecule has 1 aromatic rings. The van der Waals surface area contributed by atoms with Gasteiger partial charge in [0.1, 0.15) is 12.7 Å². The van der Waals surface area contributed by atoms with Gasteiger partial charge < -0.3 is 19.5 Å². The Balaban J connectivity index is 1.93. The molecule has 0 fully saturated rings. The molecule has 0 spiro atoms. The second-order valence-corrected chi connectivity index (χ2v) is 4.62. The van der Waals surface area contributed by atoms with Crippen LogP contribution in [0.3, 0.4) is 0 Å². The highest BCUT2D eigenvalue weighted by atomic mass is 16.6. The number of fused-ring (bicyclic) bond motifs is 1. The number of rotatable bonds is 7. The summed E-state index contributed by atoms with van der Waals surface area (Å²) in [6.07, 6.45) is 2.44. The zero-order valence-corrected chi connectivity index (χ0v) is 11.8. The van der Waals surface area contributed by atoms with Gasteiger partial charge in [-0.1, -0.05) is 19.4 Å². The van der Waals surface area contributed by atoms with E-state index in [4.69, 9.17) is 14.2 Å². The molecule has 1 aliphatic rings. The van der Waals surface area contributed by atoms with Crippen molar-refractivity contribution in [1.82, 2.24) is 5.32 Å². The van der Waals surface area contributed by atoms with Gasteiger partial charge in [0.15, 0.2) is 11.5 Å². The van der Waals surface area contributed by atoms with Crippen LogP contribution >= 0.6 is 0 Å². The lowest BCUT2D eigenvalue weighted by Gasteiger charge is -2.28. The molecule has 1 heterocycles. The summed E-state index contributed by atoms with van der Waals surface area (Å²) in [6, 6.07) is 5.75. The van der Waals surface area contributed by atoms with Gasteiger partial charge in [-0.15, -0.1) is 0 Å². The van der Waals surface area contributed by atoms with Crippen molar-refractivity contribution in [2.45, 2.75) is 32.8 Å². The zero-order chi connectivity index (χ0) is 13.5. The first kappa shape index (κ1) is 14.0. The van der Waals surface area contributed by atoms with Gasteiger partial charge in [-0.2, -0.15) is 0 Å². The first-order valence-electron chi connectivity index (χ1n) is 7.11. The third-order valence-electron chi connectivity index (χ3n) is 3.03. The Kier molecular flexibility index (Phi) is 5.33. The smallest absolute Gasteiger partial charge is 0.204 e. The number of benzene rings is 1. The van der Waals surface area contributed by atoms with Crippen LogP contribution in [-0.2, 0) is 0 Å². The van der Waals surface area contributed by atoms with Crippen LogP contribution in [0.5, 0.6) is 17.2 Å². The van der Waals surface area contributed by atoms with E-state index >= 15 is 0 Å². The molecule has 2 rings (SSSR count). The molecule has 4 heteroatoms. The molecule has 0 radical (unpaired) electrons. The topological polar surface area (TPSA) is 39.7 Å². The molecule has 106 valence electrons. The van der Waals surface area contributed by atoms with Crippen LogP contribution in [0.15, 0.2) is 18.2 Å². The van der Waals surface area contributed by atoms with E-state index in [1.165, 1.54) is 12.8 Å². The number of ether oxygens (including phenoxy) is 3. The molecular weight excluding hydrogens is 242 g/mol. The predicted molar refractivity (Wildman–Crippen MR) is 75.3 cm³/mol. The van der Waals surface area contributed by atoms with Crippen molar-refractivity contribution in [1.29, 1.82) is 0 Å². The maximum absolute atomic E-state index is 5.98. The quantitative estimate of drug-likeness (QED) is 0.769. The molecule has 0 aromatic heterocycles. The second-order valence-electron chi connectivity index (χ2n) is 4.62. The number of hydrogen-bond donors (Lipinski definition) is 1. The number of hydrogen-bond acceptors (Lipinski definition) is 4. The highest BCUT2D eigenvalue weighted by molar-refractivity contribution is 5.52. The molecule has 1 aliphatic heterocycles. The van der Waals surface area contributed by atoms with Gasteiger partial charge >= 0.3 is 0 Å². The van der Waals surface area contributed by atoms with E-state index < -0.39 is 0 Å². The van der Waals surface area contributed by atoms with Gasteiger partial charge in [0.2, 0.25) is 5.75 Å². The molecule has 1 N–H and O–H groups in total. The van der Waals surface area contributed by atoms with E-state index in [1.807, 2.05) is 25.1 Å². The maximum Gasteiger partial charge on any atom is 0.204 e. The van der Waals surface area contributed by atoms with Crippen LogP contribution in [0.4, 0.5) is 0 Å². The molecular formula is C15H23NO3. The van der Waals surface area contributed by atoms with Crippen molar-refractivity contribution in [2.24, 2.45) is 0 Å². The van der Waals surface area contributed by atoms with Gasteiger partial charge in [0, 0.05) is 6.54 Å². The fraction of sp³-hybridized carbons (Fsp3) is 0.600. The number of unbranched alkanes of at least 4 members (excludes halogenated alkanes) is 1. The van der Waals surface area contributed by atoms with Gasteiger partial charge in [-0.05, 0) is 32.0 Å². The molecule has 0 aliphatic carbocycles. The summed E-state index contributed by atoms with van der Waals surface area (Å²) in [4.78, 5) is 0. The van der Waals surface area contributed by atoms with E-state index in [0.717, 1.165) is 30.3 Å². The largest absolute Gasteiger partial charge is 0.490 e. The maximum atomic E-state index is 5.98. The average Bonchev–Trinajstić information content (AvgIpc) is 2.44. The summed E-state index contributed by atoms with van der Waals surface area (Å²) in [5.41, 5.74) is 0. The van der Waals surface area contributed by atoms with Crippen molar-refractivity contribution >= 4 is 0 Å². The monoisotopic (exact) mass is 265 g/mol. The normalized spacial score (nSPS) is 17.3. The fourth-order valence-corrected chi connectivity index (χ4v) is 2.04. The summed E-state index contributed by atoms with van der Waals surface area (Å²) < 4.78 is 17.3. The Labute approximate surface area is 115 Å². The zero-order valence-electron chi connectivity index (χ0n) is 11.8. The lowest BCUT2D eigenvalue weighted by atomic mass is 10.2. The molecule has 19 heavy (non-hydrogen) atoms. The molecule has 1 atom stereocenters. The van der Waals surface area contributed by atoms with Crippen LogP contribution in [0.25, 0.3) is 0 Å². The summed E-state index contributed by atoms with van der Waals surface area (Å²) >= 11 is 0. The van der Waals surface area contributed by atoms with Crippen LogP contribution in [0.1, 0.15) is 26.7 Å². The molecule has 0 amide bonds. The SMILES string of the molecule is CCCCNCC1COc2cccc(OCC)c2O1. The van der Waals surface area contributed by atoms with Crippen molar-refractivity contribution in [3.63, 3.8) is 0 Å². The lowest BCUT2D eigenvalue weighted by Crippen LogP contribution is -2.38.